The number of alkyl halides is 1. The third kappa shape index (κ3) is 7.77. The lowest BCUT2D eigenvalue weighted by molar-refractivity contribution is 0.0737. The van der Waals surface area contributed by atoms with Gasteiger partial charge in [-0.1, -0.05) is 52.9 Å². The summed E-state index contributed by atoms with van der Waals surface area (Å²) in [7, 11) is -3.63. The molecule has 0 aliphatic carbocycles. The second kappa shape index (κ2) is 9.54. The van der Waals surface area contributed by atoms with Gasteiger partial charge in [-0.2, -0.15) is 8.42 Å². The molecule has 7 nitrogen and oxygen atoms in total. The summed E-state index contributed by atoms with van der Waals surface area (Å²) in [6.07, 6.45) is -0.334. The van der Waals surface area contributed by atoms with E-state index in [1.807, 2.05) is 52.9 Å². The molecule has 3 unspecified atom stereocenters. The lowest BCUT2D eigenvalue weighted by atomic mass is 10.2. The molecule has 24 heavy (non-hydrogen) atoms. The molecule has 2 N–H and O–H groups in total. The summed E-state index contributed by atoms with van der Waals surface area (Å²) in [4.78, 5) is 13.8. The minimum atomic E-state index is -3.63. The maximum Gasteiger partial charge on any atom is 0.411 e. The second-order valence-electron chi connectivity index (χ2n) is 5.55. The van der Waals surface area contributed by atoms with Gasteiger partial charge in [-0.3, -0.25) is 9.08 Å². The predicted octanol–water partition coefficient (Wildman–Crippen LogP) is 2.10. The first-order chi connectivity index (χ1) is 11.1. The quantitative estimate of drug-likeness (QED) is 0.271. The van der Waals surface area contributed by atoms with Crippen LogP contribution in [0.25, 0.3) is 0 Å². The largest absolute Gasteiger partial charge is 0.445 e. The van der Waals surface area contributed by atoms with Crippen LogP contribution in [0, 0.1) is 0 Å². The summed E-state index contributed by atoms with van der Waals surface area (Å²) in [5, 5.41) is 0. The van der Waals surface area contributed by atoms with Crippen molar-refractivity contribution in [3.63, 3.8) is 0 Å². The third-order valence-corrected chi connectivity index (χ3v) is 5.27. The molecule has 9 heteroatoms. The maximum atomic E-state index is 12.4. The van der Waals surface area contributed by atoms with Crippen LogP contribution in [0.4, 0.5) is 4.79 Å². The van der Waals surface area contributed by atoms with Crippen molar-refractivity contribution in [1.82, 2.24) is 4.90 Å². The average Bonchev–Trinajstić information content (AvgIpc) is 2.48. The number of hydrogen-bond donors (Lipinski definition) is 1. The molecule has 3 atom stereocenters. The zero-order valence-corrected chi connectivity index (χ0v) is 16.9. The molecule has 1 aromatic rings. The molecular weight excluding hydrogens is 447 g/mol. The van der Waals surface area contributed by atoms with E-state index < -0.39 is 26.4 Å². The minimum absolute atomic E-state index is 0.125. The molecule has 0 aromatic heterocycles. The number of nitrogens with zero attached hydrogens (tertiary/aromatic N) is 1. The average molecular weight is 470 g/mol. The fourth-order valence-corrected chi connectivity index (χ4v) is 3.42. The lowest BCUT2D eigenvalue weighted by Gasteiger charge is -2.31. The fourth-order valence-electron chi connectivity index (χ4n) is 1.96. The molecule has 136 valence electrons. The van der Waals surface area contributed by atoms with Gasteiger partial charge in [-0.15, -0.1) is 0 Å². The topological polar surface area (TPSA) is 98.9 Å². The first kappa shape index (κ1) is 21.1. The van der Waals surface area contributed by atoms with Crippen LogP contribution in [-0.2, 0) is 25.6 Å². The molecule has 0 spiro atoms. The highest BCUT2D eigenvalue weighted by molar-refractivity contribution is 14.1. The Morgan fingerprint density at radius 1 is 1.29 bits per heavy atom. The molecule has 1 rings (SSSR count). The van der Waals surface area contributed by atoms with Gasteiger partial charge in [0.25, 0.3) is 10.1 Å². The summed E-state index contributed by atoms with van der Waals surface area (Å²) >= 11 is 1.95. The number of carbonyl (C=O) groups excluding carboxylic acids is 1. The molecule has 0 radical (unpaired) electrons. The first-order valence-corrected chi connectivity index (χ1v) is 10.4. The predicted molar refractivity (Wildman–Crippen MR) is 100 cm³/mol. The van der Waals surface area contributed by atoms with Crippen molar-refractivity contribution < 1.29 is 22.1 Å². The van der Waals surface area contributed by atoms with Crippen LogP contribution in [0.5, 0.6) is 0 Å². The van der Waals surface area contributed by atoms with E-state index in [9.17, 15) is 13.2 Å². The van der Waals surface area contributed by atoms with E-state index in [0.29, 0.717) is 0 Å². The molecule has 0 saturated heterocycles. The number of ether oxygens (including phenoxy) is 1. The van der Waals surface area contributed by atoms with E-state index in [4.69, 9.17) is 14.7 Å². The van der Waals surface area contributed by atoms with E-state index in [1.165, 1.54) is 4.90 Å². The molecule has 0 heterocycles. The molecular formula is C15H23IN2O5S. The summed E-state index contributed by atoms with van der Waals surface area (Å²) in [5.74, 6) is 0. The van der Waals surface area contributed by atoms with Crippen molar-refractivity contribution in [2.75, 3.05) is 12.8 Å². The van der Waals surface area contributed by atoms with Crippen molar-refractivity contribution in [3.8, 4) is 0 Å². The van der Waals surface area contributed by atoms with Crippen LogP contribution in [0.15, 0.2) is 30.3 Å². The van der Waals surface area contributed by atoms with E-state index in [0.717, 1.165) is 11.8 Å². The van der Waals surface area contributed by atoms with E-state index in [1.54, 1.807) is 13.8 Å². The number of benzene rings is 1. The lowest BCUT2D eigenvalue weighted by Crippen LogP contribution is -2.48. The Labute approximate surface area is 156 Å². The van der Waals surface area contributed by atoms with Gasteiger partial charge in [0.15, 0.2) is 0 Å². The Bertz CT molecular complexity index is 624. The van der Waals surface area contributed by atoms with E-state index in [-0.39, 0.29) is 19.2 Å². The normalized spacial score (nSPS) is 15.4. The van der Waals surface area contributed by atoms with Gasteiger partial charge in [0.05, 0.1) is 6.26 Å². The Balaban J connectivity index is 2.77. The number of rotatable bonds is 8. The van der Waals surface area contributed by atoms with Gasteiger partial charge in [0.1, 0.15) is 16.8 Å². The SMILES string of the molecule is CC(N)CN(C(=O)OCc1ccccc1)C(I)C(C)OS(C)(=O)=O. The highest BCUT2D eigenvalue weighted by Gasteiger charge is 2.30. The van der Waals surface area contributed by atoms with Crippen LogP contribution in [-0.4, -0.2) is 48.4 Å². The van der Waals surface area contributed by atoms with Gasteiger partial charge in [0.2, 0.25) is 0 Å². The molecule has 0 aliphatic heterocycles. The number of amides is 1. The van der Waals surface area contributed by atoms with Gasteiger partial charge < -0.3 is 10.5 Å². The Morgan fingerprint density at radius 3 is 2.38 bits per heavy atom. The summed E-state index contributed by atoms with van der Waals surface area (Å²) in [6.45, 7) is 3.68. The number of carbonyl (C=O) groups is 1. The van der Waals surface area contributed by atoms with Gasteiger partial charge in [-0.25, -0.2) is 4.79 Å². The Hall–Kier alpha value is -0.910. The number of nitrogens with two attached hydrogens (primary N) is 1. The number of halogens is 1. The molecule has 0 aliphatic rings. The Morgan fingerprint density at radius 2 is 1.88 bits per heavy atom. The highest BCUT2D eigenvalue weighted by Crippen LogP contribution is 2.19. The monoisotopic (exact) mass is 470 g/mol. The second-order valence-corrected chi connectivity index (χ2v) is 8.42. The fraction of sp³-hybridized carbons (Fsp3) is 0.533. The zero-order chi connectivity index (χ0) is 18.3. The maximum absolute atomic E-state index is 12.4. The van der Waals surface area contributed by atoms with E-state index >= 15 is 0 Å². The smallest absolute Gasteiger partial charge is 0.411 e. The van der Waals surface area contributed by atoms with Crippen molar-refractivity contribution in [1.29, 1.82) is 0 Å². The van der Waals surface area contributed by atoms with Crippen LogP contribution < -0.4 is 5.73 Å². The van der Waals surface area contributed by atoms with Crippen LogP contribution >= 0.6 is 22.6 Å². The Kier molecular flexibility index (Phi) is 8.40. The van der Waals surface area contributed by atoms with Crippen molar-refractivity contribution >= 4 is 38.8 Å². The molecule has 1 amide bonds. The molecule has 0 saturated carbocycles. The van der Waals surface area contributed by atoms with Gasteiger partial charge >= 0.3 is 6.09 Å². The van der Waals surface area contributed by atoms with Crippen molar-refractivity contribution in [3.05, 3.63) is 35.9 Å². The number of hydrogen-bond acceptors (Lipinski definition) is 6. The molecule has 1 aromatic carbocycles. The third-order valence-electron chi connectivity index (χ3n) is 2.94. The van der Waals surface area contributed by atoms with Crippen molar-refractivity contribution in [2.24, 2.45) is 5.73 Å². The summed E-state index contributed by atoms with van der Waals surface area (Å²) < 4.78 is 32.3. The minimum Gasteiger partial charge on any atom is -0.445 e. The molecule has 0 bridgehead atoms. The van der Waals surface area contributed by atoms with Gasteiger partial charge in [-0.05, 0) is 19.4 Å². The van der Waals surface area contributed by atoms with Crippen molar-refractivity contribution in [2.45, 2.75) is 36.6 Å². The summed E-state index contributed by atoms with van der Waals surface area (Å²) in [6, 6.07) is 8.98. The summed E-state index contributed by atoms with van der Waals surface area (Å²) in [5.41, 5.74) is 6.65. The van der Waals surface area contributed by atoms with Gasteiger partial charge in [0, 0.05) is 12.6 Å². The first-order valence-electron chi connectivity index (χ1n) is 7.35. The van der Waals surface area contributed by atoms with E-state index in [2.05, 4.69) is 0 Å². The van der Waals surface area contributed by atoms with Crippen LogP contribution in [0.2, 0.25) is 0 Å². The van der Waals surface area contributed by atoms with Crippen LogP contribution in [0.3, 0.4) is 0 Å². The highest BCUT2D eigenvalue weighted by atomic mass is 127. The standard InChI is InChI=1S/C15H23IN2O5S/c1-11(17)9-18(14(16)12(2)23-24(3,20)21)15(19)22-10-13-7-5-4-6-8-13/h4-8,11-12,14H,9-10,17H2,1-3H3. The van der Waals surface area contributed by atoms with Crippen LogP contribution in [0.1, 0.15) is 19.4 Å². The zero-order valence-electron chi connectivity index (χ0n) is 13.9. The molecule has 0 fully saturated rings.